The van der Waals surface area contributed by atoms with Crippen LogP contribution < -0.4 is 0 Å². The predicted molar refractivity (Wildman–Crippen MR) is 45.6 cm³/mol. The molecule has 0 unspecified atom stereocenters. The molecule has 2 nitrogen and oxygen atoms in total. The van der Waals surface area contributed by atoms with E-state index in [4.69, 9.17) is 10.5 Å². The maximum Gasteiger partial charge on any atom is 0.133 e. The van der Waals surface area contributed by atoms with Gasteiger partial charge in [0.15, 0.2) is 0 Å². The van der Waals surface area contributed by atoms with Gasteiger partial charge in [0.1, 0.15) is 29.3 Å². The number of hydrogen-bond donors (Lipinski definition) is 0. The van der Waals surface area contributed by atoms with E-state index in [1.54, 1.807) is 0 Å². The highest BCUT2D eigenvalue weighted by Crippen LogP contribution is 2.15. The molecule has 0 bridgehead atoms. The first-order chi connectivity index (χ1) is 6.69. The number of benzene rings is 1. The molecule has 0 aliphatic rings. The van der Waals surface area contributed by atoms with Crippen molar-refractivity contribution in [2.45, 2.75) is 0 Å². The number of nitriles is 2. The Bertz CT molecular complexity index is 428. The Labute approximate surface area is 79.3 Å². The number of hydrogen-bond acceptors (Lipinski definition) is 2. The van der Waals surface area contributed by atoms with Crippen molar-refractivity contribution in [3.05, 3.63) is 41.0 Å². The molecule has 1 aromatic carbocycles. The summed E-state index contributed by atoms with van der Waals surface area (Å²) in [6.45, 7) is 0. The first kappa shape index (κ1) is 9.88. The Morgan fingerprint density at radius 3 is 2.07 bits per heavy atom. The molecule has 4 heteroatoms. The minimum absolute atomic E-state index is 0.339. The molecule has 0 spiro atoms. The van der Waals surface area contributed by atoms with Gasteiger partial charge in [-0.05, 0) is 18.2 Å². The molecule has 0 saturated heterocycles. The Morgan fingerprint density at radius 2 is 1.64 bits per heavy atom. The Kier molecular flexibility index (Phi) is 2.93. The second-order valence-electron chi connectivity index (χ2n) is 2.42. The fourth-order valence-corrected chi connectivity index (χ4v) is 0.882. The molecule has 0 aliphatic heterocycles. The van der Waals surface area contributed by atoms with Crippen LogP contribution in [0.4, 0.5) is 8.78 Å². The maximum absolute atomic E-state index is 13.0. The van der Waals surface area contributed by atoms with E-state index in [2.05, 4.69) is 0 Å². The molecule has 0 atom stereocenters. The van der Waals surface area contributed by atoms with Gasteiger partial charge in [0.05, 0.1) is 0 Å². The number of rotatable bonds is 1. The molecule has 0 amide bonds. The molecule has 0 heterocycles. The summed E-state index contributed by atoms with van der Waals surface area (Å²) in [5, 5.41) is 16.8. The summed E-state index contributed by atoms with van der Waals surface area (Å²) in [6, 6.07) is 6.37. The summed E-state index contributed by atoms with van der Waals surface area (Å²) in [6.07, 6.45) is 0.880. The Morgan fingerprint density at radius 1 is 1.14 bits per heavy atom. The largest absolute Gasteiger partial charge is 0.206 e. The smallest absolute Gasteiger partial charge is 0.133 e. The summed E-state index contributed by atoms with van der Waals surface area (Å²) < 4.78 is 26.0. The highest BCUT2D eigenvalue weighted by molar-refractivity contribution is 5.62. The first-order valence-electron chi connectivity index (χ1n) is 3.65. The molecule has 0 fully saturated rings. The van der Waals surface area contributed by atoms with E-state index < -0.39 is 11.6 Å². The summed E-state index contributed by atoms with van der Waals surface area (Å²) in [5.41, 5.74) is -0.709. The van der Waals surface area contributed by atoms with Crippen molar-refractivity contribution in [3.63, 3.8) is 0 Å². The van der Waals surface area contributed by atoms with Crippen LogP contribution in [0.5, 0.6) is 0 Å². The van der Waals surface area contributed by atoms with Crippen molar-refractivity contribution in [2.75, 3.05) is 0 Å². The van der Waals surface area contributed by atoms with E-state index in [-0.39, 0.29) is 11.1 Å². The van der Waals surface area contributed by atoms with Gasteiger partial charge in [-0.15, -0.1) is 0 Å². The zero-order valence-electron chi connectivity index (χ0n) is 6.96. The molecule has 0 radical (unpaired) electrons. The zero-order chi connectivity index (χ0) is 10.6. The lowest BCUT2D eigenvalue weighted by atomic mass is 10.1. The standard InChI is InChI=1S/C10H4F2N2/c11-9-2-1-3-10(12)8(9)4-7(5-13)6-14/h1-4H. The van der Waals surface area contributed by atoms with Gasteiger partial charge in [0.25, 0.3) is 0 Å². The van der Waals surface area contributed by atoms with Gasteiger partial charge in [0.2, 0.25) is 0 Å². The predicted octanol–water partition coefficient (Wildman–Crippen LogP) is 2.40. The van der Waals surface area contributed by atoms with Crippen molar-refractivity contribution in [1.29, 1.82) is 10.5 Å². The van der Waals surface area contributed by atoms with Crippen LogP contribution in [0.15, 0.2) is 23.8 Å². The highest BCUT2D eigenvalue weighted by atomic mass is 19.1. The fourth-order valence-electron chi connectivity index (χ4n) is 0.882. The molecule has 0 N–H and O–H groups in total. The lowest BCUT2D eigenvalue weighted by Crippen LogP contribution is -1.88. The van der Waals surface area contributed by atoms with E-state index >= 15 is 0 Å². The molecule has 0 aromatic heterocycles. The van der Waals surface area contributed by atoms with Crippen LogP contribution in [0.25, 0.3) is 6.08 Å². The quantitative estimate of drug-likeness (QED) is 0.638. The average molecular weight is 190 g/mol. The van der Waals surface area contributed by atoms with Crippen LogP contribution in [0.3, 0.4) is 0 Å². The SMILES string of the molecule is N#CC(C#N)=Cc1c(F)cccc1F. The molecule has 0 saturated carbocycles. The van der Waals surface area contributed by atoms with E-state index in [1.165, 1.54) is 18.2 Å². The third kappa shape index (κ3) is 1.94. The minimum atomic E-state index is -0.798. The summed E-state index contributed by atoms with van der Waals surface area (Å²) in [5.74, 6) is -1.60. The molecule has 1 rings (SSSR count). The van der Waals surface area contributed by atoms with Crippen LogP contribution in [0, 0.1) is 34.3 Å². The molecule has 1 aromatic rings. The van der Waals surface area contributed by atoms with Crippen molar-refractivity contribution in [2.24, 2.45) is 0 Å². The second-order valence-corrected chi connectivity index (χ2v) is 2.42. The van der Waals surface area contributed by atoms with Gasteiger partial charge < -0.3 is 0 Å². The molecular weight excluding hydrogens is 186 g/mol. The number of nitrogens with zero attached hydrogens (tertiary/aromatic N) is 2. The topological polar surface area (TPSA) is 47.6 Å². The highest BCUT2D eigenvalue weighted by Gasteiger charge is 2.06. The van der Waals surface area contributed by atoms with E-state index in [0.717, 1.165) is 18.2 Å². The van der Waals surface area contributed by atoms with Crippen LogP contribution in [0.1, 0.15) is 5.56 Å². The van der Waals surface area contributed by atoms with E-state index in [9.17, 15) is 8.78 Å². The number of allylic oxidation sites excluding steroid dienone is 1. The van der Waals surface area contributed by atoms with Crippen LogP contribution >= 0.6 is 0 Å². The van der Waals surface area contributed by atoms with E-state index in [0.29, 0.717) is 0 Å². The molecular formula is C10H4F2N2. The fraction of sp³-hybridized carbons (Fsp3) is 0. The van der Waals surface area contributed by atoms with Gasteiger partial charge in [-0.3, -0.25) is 0 Å². The van der Waals surface area contributed by atoms with Gasteiger partial charge in [-0.2, -0.15) is 10.5 Å². The number of halogens is 2. The molecule has 14 heavy (non-hydrogen) atoms. The van der Waals surface area contributed by atoms with Crippen molar-refractivity contribution in [1.82, 2.24) is 0 Å². The summed E-state index contributed by atoms with van der Waals surface area (Å²) >= 11 is 0. The first-order valence-corrected chi connectivity index (χ1v) is 3.65. The normalized spacial score (nSPS) is 8.57. The zero-order valence-corrected chi connectivity index (χ0v) is 6.96. The van der Waals surface area contributed by atoms with Gasteiger partial charge >= 0.3 is 0 Å². The van der Waals surface area contributed by atoms with Crippen LogP contribution in [-0.2, 0) is 0 Å². The monoisotopic (exact) mass is 190 g/mol. The Balaban J connectivity index is 3.30. The van der Waals surface area contributed by atoms with E-state index in [1.807, 2.05) is 0 Å². The third-order valence-electron chi connectivity index (χ3n) is 1.53. The summed E-state index contributed by atoms with van der Waals surface area (Å²) in [7, 11) is 0. The van der Waals surface area contributed by atoms with Gasteiger partial charge in [-0.25, -0.2) is 8.78 Å². The lowest BCUT2D eigenvalue weighted by molar-refractivity contribution is 0.578. The van der Waals surface area contributed by atoms with Gasteiger partial charge in [0, 0.05) is 5.56 Å². The van der Waals surface area contributed by atoms with Crippen molar-refractivity contribution in [3.8, 4) is 12.1 Å². The van der Waals surface area contributed by atoms with Crippen molar-refractivity contribution < 1.29 is 8.78 Å². The van der Waals surface area contributed by atoms with Crippen LogP contribution in [-0.4, -0.2) is 0 Å². The molecule has 0 aliphatic carbocycles. The summed E-state index contributed by atoms with van der Waals surface area (Å²) in [4.78, 5) is 0. The maximum atomic E-state index is 13.0. The average Bonchev–Trinajstić information content (AvgIpc) is 2.18. The Hall–Kier alpha value is -2.20. The molecule has 68 valence electrons. The lowest BCUT2D eigenvalue weighted by Gasteiger charge is -1.97. The van der Waals surface area contributed by atoms with Gasteiger partial charge in [-0.1, -0.05) is 6.07 Å². The van der Waals surface area contributed by atoms with Crippen molar-refractivity contribution >= 4 is 6.08 Å². The minimum Gasteiger partial charge on any atom is -0.206 e. The van der Waals surface area contributed by atoms with Crippen LogP contribution in [0.2, 0.25) is 0 Å². The second kappa shape index (κ2) is 4.15. The third-order valence-corrected chi connectivity index (χ3v) is 1.53.